The van der Waals surface area contributed by atoms with Gasteiger partial charge >= 0.3 is 6.18 Å². The van der Waals surface area contributed by atoms with E-state index in [2.05, 4.69) is 10.2 Å². The Hall–Kier alpha value is -2.06. The van der Waals surface area contributed by atoms with E-state index in [0.717, 1.165) is 31.4 Å². The number of nitrogens with zero attached hydrogens (tertiary/aromatic N) is 2. The second kappa shape index (κ2) is 8.96. The third-order valence-corrected chi connectivity index (χ3v) is 5.76. The van der Waals surface area contributed by atoms with E-state index in [1.165, 1.54) is 25.3 Å². The zero-order valence-electron chi connectivity index (χ0n) is 15.9. The van der Waals surface area contributed by atoms with E-state index >= 15 is 0 Å². The van der Waals surface area contributed by atoms with Crippen LogP contribution in [0.15, 0.2) is 6.07 Å². The van der Waals surface area contributed by atoms with E-state index in [0.29, 0.717) is 25.4 Å². The fourth-order valence-corrected chi connectivity index (χ4v) is 4.14. The third kappa shape index (κ3) is 5.72. The fraction of sp³-hybridized carbons (Fsp3) is 0.737. The molecule has 1 aliphatic heterocycles. The van der Waals surface area contributed by atoms with E-state index in [-0.39, 0.29) is 17.5 Å². The van der Waals surface area contributed by atoms with Crippen molar-refractivity contribution in [1.29, 1.82) is 0 Å². The maximum Gasteiger partial charge on any atom is 0.405 e. The molecule has 2 aliphatic rings. The SMILES string of the molecule is O=C(NCC(F)(F)F)c1cc(C2CCN(C(=O)CC3CCCCC3)CC2)[nH]n1. The predicted molar refractivity (Wildman–Crippen MR) is 96.7 cm³/mol. The summed E-state index contributed by atoms with van der Waals surface area (Å²) in [5, 5.41) is 8.42. The van der Waals surface area contributed by atoms with Gasteiger partial charge in [0.05, 0.1) is 0 Å². The van der Waals surface area contributed by atoms with Crippen LogP contribution in [0.25, 0.3) is 0 Å². The lowest BCUT2D eigenvalue weighted by Crippen LogP contribution is -2.38. The molecule has 0 bridgehead atoms. The van der Waals surface area contributed by atoms with Crippen molar-refractivity contribution in [2.75, 3.05) is 19.6 Å². The quantitative estimate of drug-likeness (QED) is 0.795. The second-order valence-corrected chi connectivity index (χ2v) is 7.87. The molecular weight excluding hydrogens is 373 g/mol. The first kappa shape index (κ1) is 20.7. The summed E-state index contributed by atoms with van der Waals surface area (Å²) in [6.07, 6.45) is 3.70. The number of amides is 2. The van der Waals surface area contributed by atoms with Gasteiger partial charge in [-0.1, -0.05) is 19.3 Å². The molecular formula is C19H27F3N4O2. The maximum absolute atomic E-state index is 12.5. The molecule has 0 aromatic carbocycles. The van der Waals surface area contributed by atoms with Gasteiger partial charge in [0.25, 0.3) is 5.91 Å². The monoisotopic (exact) mass is 400 g/mol. The van der Waals surface area contributed by atoms with E-state index in [4.69, 9.17) is 0 Å². The Labute approximate surface area is 162 Å². The average Bonchev–Trinajstić information content (AvgIpc) is 3.17. The Kier molecular flexibility index (Phi) is 6.61. The molecule has 1 aromatic heterocycles. The summed E-state index contributed by atoms with van der Waals surface area (Å²) in [4.78, 5) is 26.2. The Bertz CT molecular complexity index is 675. The predicted octanol–water partition coefficient (Wildman–Crippen LogP) is 3.38. The number of likely N-dealkylation sites (tertiary alicyclic amines) is 1. The normalized spacial score (nSPS) is 19.6. The highest BCUT2D eigenvalue weighted by Gasteiger charge is 2.30. The number of rotatable bonds is 5. The topological polar surface area (TPSA) is 78.1 Å². The van der Waals surface area contributed by atoms with Gasteiger partial charge in [-0.3, -0.25) is 14.7 Å². The van der Waals surface area contributed by atoms with Gasteiger partial charge < -0.3 is 10.2 Å². The second-order valence-electron chi connectivity index (χ2n) is 7.87. The Morgan fingerprint density at radius 2 is 1.82 bits per heavy atom. The molecule has 1 saturated carbocycles. The fourth-order valence-electron chi connectivity index (χ4n) is 4.14. The van der Waals surface area contributed by atoms with Crippen LogP contribution < -0.4 is 5.32 Å². The summed E-state index contributed by atoms with van der Waals surface area (Å²) >= 11 is 0. The molecule has 0 atom stereocenters. The lowest BCUT2D eigenvalue weighted by atomic mass is 9.86. The van der Waals surface area contributed by atoms with Crippen LogP contribution in [0.4, 0.5) is 13.2 Å². The molecule has 0 spiro atoms. The molecule has 2 fully saturated rings. The minimum absolute atomic E-state index is 0.0462. The molecule has 3 rings (SSSR count). The van der Waals surface area contributed by atoms with Crippen LogP contribution in [-0.2, 0) is 4.79 Å². The van der Waals surface area contributed by atoms with Crippen molar-refractivity contribution < 1.29 is 22.8 Å². The molecule has 1 aromatic rings. The van der Waals surface area contributed by atoms with Crippen molar-refractivity contribution in [3.05, 3.63) is 17.5 Å². The number of aromatic amines is 1. The Balaban J connectivity index is 1.46. The first-order chi connectivity index (χ1) is 13.3. The molecule has 0 radical (unpaired) electrons. The standard InChI is InChI=1S/C19H27F3N4O2/c20-19(21,22)12-23-18(28)16-11-15(24-25-16)14-6-8-26(9-7-14)17(27)10-13-4-2-1-3-5-13/h11,13-14H,1-10,12H2,(H,23,28)(H,24,25). The minimum atomic E-state index is -4.45. The number of carbonyl (C=O) groups is 2. The van der Waals surface area contributed by atoms with Crippen LogP contribution in [0.1, 0.15) is 73.5 Å². The number of hydrogen-bond acceptors (Lipinski definition) is 3. The zero-order chi connectivity index (χ0) is 20.1. The van der Waals surface area contributed by atoms with Crippen LogP contribution in [0.2, 0.25) is 0 Å². The molecule has 156 valence electrons. The summed E-state index contributed by atoms with van der Waals surface area (Å²) in [6, 6.07) is 1.51. The third-order valence-electron chi connectivity index (χ3n) is 5.76. The number of nitrogens with one attached hydrogen (secondary N) is 2. The number of carbonyl (C=O) groups excluding carboxylic acids is 2. The van der Waals surface area contributed by atoms with E-state index in [1.807, 2.05) is 10.2 Å². The van der Waals surface area contributed by atoms with Gasteiger partial charge in [0.15, 0.2) is 0 Å². The lowest BCUT2D eigenvalue weighted by molar-refractivity contribution is -0.133. The smallest absolute Gasteiger partial charge is 0.343 e. The molecule has 2 heterocycles. The van der Waals surface area contributed by atoms with Gasteiger partial charge in [0, 0.05) is 31.1 Å². The molecule has 0 unspecified atom stereocenters. The van der Waals surface area contributed by atoms with Crippen LogP contribution in [0.5, 0.6) is 0 Å². The number of halogens is 3. The van der Waals surface area contributed by atoms with Crippen molar-refractivity contribution in [3.63, 3.8) is 0 Å². The highest BCUT2D eigenvalue weighted by molar-refractivity contribution is 5.92. The van der Waals surface area contributed by atoms with Crippen LogP contribution in [0, 0.1) is 5.92 Å². The number of H-pyrrole nitrogens is 1. The lowest BCUT2D eigenvalue weighted by Gasteiger charge is -2.33. The molecule has 28 heavy (non-hydrogen) atoms. The highest BCUT2D eigenvalue weighted by Crippen LogP contribution is 2.30. The number of piperidine rings is 1. The van der Waals surface area contributed by atoms with Gasteiger partial charge in [0.1, 0.15) is 12.2 Å². The highest BCUT2D eigenvalue weighted by atomic mass is 19.4. The average molecular weight is 400 g/mol. The van der Waals surface area contributed by atoms with E-state index in [9.17, 15) is 22.8 Å². The summed E-state index contributed by atoms with van der Waals surface area (Å²) in [6.45, 7) is -0.0643. The Morgan fingerprint density at radius 1 is 1.14 bits per heavy atom. The molecule has 9 heteroatoms. The summed E-state index contributed by atoms with van der Waals surface area (Å²) < 4.78 is 36.6. The first-order valence-corrected chi connectivity index (χ1v) is 10.00. The summed E-state index contributed by atoms with van der Waals surface area (Å²) in [7, 11) is 0. The van der Waals surface area contributed by atoms with Crippen molar-refractivity contribution in [1.82, 2.24) is 20.4 Å². The number of alkyl halides is 3. The largest absolute Gasteiger partial charge is 0.405 e. The number of hydrogen-bond donors (Lipinski definition) is 2. The maximum atomic E-state index is 12.5. The van der Waals surface area contributed by atoms with Crippen molar-refractivity contribution in [2.45, 2.75) is 63.5 Å². The molecule has 2 N–H and O–H groups in total. The van der Waals surface area contributed by atoms with Gasteiger partial charge in [0.2, 0.25) is 5.91 Å². The van der Waals surface area contributed by atoms with Gasteiger partial charge in [-0.05, 0) is 37.7 Å². The number of aromatic nitrogens is 2. The van der Waals surface area contributed by atoms with Crippen molar-refractivity contribution >= 4 is 11.8 Å². The van der Waals surface area contributed by atoms with Crippen LogP contribution in [-0.4, -0.2) is 52.7 Å². The molecule has 1 saturated heterocycles. The van der Waals surface area contributed by atoms with Gasteiger partial charge in [-0.15, -0.1) is 0 Å². The zero-order valence-corrected chi connectivity index (χ0v) is 15.9. The van der Waals surface area contributed by atoms with Gasteiger partial charge in [-0.2, -0.15) is 18.3 Å². The van der Waals surface area contributed by atoms with Crippen LogP contribution in [0.3, 0.4) is 0 Å². The molecule has 6 nitrogen and oxygen atoms in total. The summed E-state index contributed by atoms with van der Waals surface area (Å²) in [5.74, 6) is 0.0156. The summed E-state index contributed by atoms with van der Waals surface area (Å²) in [5.41, 5.74) is 0.687. The molecule has 2 amide bonds. The van der Waals surface area contributed by atoms with Crippen molar-refractivity contribution in [3.8, 4) is 0 Å². The van der Waals surface area contributed by atoms with Crippen LogP contribution >= 0.6 is 0 Å². The minimum Gasteiger partial charge on any atom is -0.343 e. The first-order valence-electron chi connectivity index (χ1n) is 10.00. The molecule has 1 aliphatic carbocycles. The van der Waals surface area contributed by atoms with Crippen molar-refractivity contribution in [2.24, 2.45) is 5.92 Å². The Morgan fingerprint density at radius 3 is 2.46 bits per heavy atom. The van der Waals surface area contributed by atoms with Gasteiger partial charge in [-0.25, -0.2) is 0 Å². The van der Waals surface area contributed by atoms with E-state index in [1.54, 1.807) is 0 Å². The van der Waals surface area contributed by atoms with E-state index < -0.39 is 18.6 Å².